The zero-order chi connectivity index (χ0) is 18.7. The highest BCUT2D eigenvalue weighted by Gasteiger charge is 2.21. The average molecular weight is 413 g/mol. The van der Waals surface area contributed by atoms with E-state index in [9.17, 15) is 4.79 Å². The van der Waals surface area contributed by atoms with Gasteiger partial charge < -0.3 is 5.32 Å². The molecule has 2 amide bonds. The number of carbonyl (C=O) groups excluding carboxylic acids is 1. The molecule has 0 saturated heterocycles. The average Bonchev–Trinajstić information content (AvgIpc) is 2.99. The van der Waals surface area contributed by atoms with Crippen molar-refractivity contribution in [3.8, 4) is 5.69 Å². The molecule has 0 aliphatic heterocycles. The van der Waals surface area contributed by atoms with Crippen molar-refractivity contribution < 1.29 is 4.79 Å². The highest BCUT2D eigenvalue weighted by atomic mass is 79.9. The van der Waals surface area contributed by atoms with Crippen molar-refractivity contribution in [2.24, 2.45) is 0 Å². The number of para-hydroxylation sites is 1. The number of carbonyl (C=O) groups is 1. The summed E-state index contributed by atoms with van der Waals surface area (Å²) in [5.74, 6) is 0.619. The van der Waals surface area contributed by atoms with Gasteiger partial charge in [-0.05, 0) is 30.3 Å². The van der Waals surface area contributed by atoms with Crippen molar-refractivity contribution in [3.05, 3.63) is 70.8 Å². The molecule has 0 aliphatic rings. The van der Waals surface area contributed by atoms with Crippen molar-refractivity contribution in [1.82, 2.24) is 9.78 Å². The topological polar surface area (TPSA) is 59.0 Å². The number of amides is 2. The molecular formula is C20H21BrN4O. The van der Waals surface area contributed by atoms with Crippen molar-refractivity contribution in [2.75, 3.05) is 10.6 Å². The lowest BCUT2D eigenvalue weighted by atomic mass is 9.92. The highest BCUT2D eigenvalue weighted by Crippen LogP contribution is 2.26. The molecule has 1 heterocycles. The highest BCUT2D eigenvalue weighted by molar-refractivity contribution is 9.10. The van der Waals surface area contributed by atoms with Crippen LogP contribution in [0.3, 0.4) is 0 Å². The summed E-state index contributed by atoms with van der Waals surface area (Å²) in [4.78, 5) is 12.5. The summed E-state index contributed by atoms with van der Waals surface area (Å²) in [5.41, 5.74) is 2.37. The summed E-state index contributed by atoms with van der Waals surface area (Å²) in [6.45, 7) is 6.28. The molecule has 3 aromatic rings. The molecule has 0 bridgehead atoms. The predicted octanol–water partition coefficient (Wildman–Crippen LogP) is 5.58. The van der Waals surface area contributed by atoms with Crippen LogP contribution < -0.4 is 10.6 Å². The van der Waals surface area contributed by atoms with Gasteiger partial charge in [0, 0.05) is 21.6 Å². The van der Waals surface area contributed by atoms with Gasteiger partial charge in [-0.3, -0.25) is 5.32 Å². The molecule has 0 atom stereocenters. The van der Waals surface area contributed by atoms with Gasteiger partial charge in [0.2, 0.25) is 0 Å². The van der Waals surface area contributed by atoms with Gasteiger partial charge in [0.15, 0.2) is 0 Å². The summed E-state index contributed by atoms with van der Waals surface area (Å²) < 4.78 is 2.65. The molecular weight excluding hydrogens is 392 g/mol. The monoisotopic (exact) mass is 412 g/mol. The molecule has 0 radical (unpaired) electrons. The van der Waals surface area contributed by atoms with Gasteiger partial charge in [0.05, 0.1) is 11.4 Å². The Labute approximate surface area is 161 Å². The summed E-state index contributed by atoms with van der Waals surface area (Å²) in [6.07, 6.45) is 0. The van der Waals surface area contributed by atoms with E-state index in [0.717, 1.165) is 15.9 Å². The standard InChI is InChI=1S/C20H21BrN4O/c1-20(2,3)17-13-18(25(24-17)16-10-5-4-6-11-16)23-19(26)22-15-9-7-8-14(21)12-15/h4-13H,1-3H3,(H2,22,23,26). The minimum Gasteiger partial charge on any atom is -0.308 e. The lowest BCUT2D eigenvalue weighted by Crippen LogP contribution is -2.21. The summed E-state index contributed by atoms with van der Waals surface area (Å²) in [7, 11) is 0. The zero-order valence-corrected chi connectivity index (χ0v) is 16.5. The molecule has 0 unspecified atom stereocenters. The first kappa shape index (κ1) is 18.2. The molecule has 2 aromatic carbocycles. The Balaban J connectivity index is 1.88. The first-order valence-electron chi connectivity index (χ1n) is 8.32. The second-order valence-electron chi connectivity index (χ2n) is 7.00. The maximum absolute atomic E-state index is 12.5. The molecule has 0 fully saturated rings. The Hall–Kier alpha value is -2.60. The minimum absolute atomic E-state index is 0.128. The van der Waals surface area contributed by atoms with E-state index in [1.165, 1.54) is 0 Å². The third-order valence-electron chi connectivity index (χ3n) is 3.80. The van der Waals surface area contributed by atoms with Crippen LogP contribution in [-0.4, -0.2) is 15.8 Å². The van der Waals surface area contributed by atoms with E-state index in [0.29, 0.717) is 11.5 Å². The van der Waals surface area contributed by atoms with Crippen LogP contribution in [0.1, 0.15) is 26.5 Å². The lowest BCUT2D eigenvalue weighted by molar-refractivity contribution is 0.262. The van der Waals surface area contributed by atoms with Crippen LogP contribution in [0.25, 0.3) is 5.69 Å². The third-order valence-corrected chi connectivity index (χ3v) is 4.30. The first-order valence-corrected chi connectivity index (χ1v) is 9.12. The zero-order valence-electron chi connectivity index (χ0n) is 15.0. The molecule has 6 heteroatoms. The van der Waals surface area contributed by atoms with E-state index in [1.807, 2.05) is 60.7 Å². The van der Waals surface area contributed by atoms with Crippen LogP contribution in [0, 0.1) is 0 Å². The van der Waals surface area contributed by atoms with Crippen LogP contribution in [0.4, 0.5) is 16.3 Å². The molecule has 0 spiro atoms. The van der Waals surface area contributed by atoms with Gasteiger partial charge in [-0.25, -0.2) is 9.48 Å². The second-order valence-corrected chi connectivity index (χ2v) is 7.92. The number of hydrogen-bond donors (Lipinski definition) is 2. The quantitative estimate of drug-likeness (QED) is 0.589. The first-order chi connectivity index (χ1) is 12.3. The smallest absolute Gasteiger partial charge is 0.308 e. The van der Waals surface area contributed by atoms with Crippen molar-refractivity contribution >= 4 is 33.5 Å². The van der Waals surface area contributed by atoms with Gasteiger partial charge in [0.25, 0.3) is 0 Å². The molecule has 26 heavy (non-hydrogen) atoms. The Morgan fingerprint density at radius 2 is 1.73 bits per heavy atom. The number of urea groups is 1. The number of aromatic nitrogens is 2. The fourth-order valence-corrected chi connectivity index (χ4v) is 2.85. The van der Waals surface area contributed by atoms with E-state index < -0.39 is 0 Å². The summed E-state index contributed by atoms with van der Waals surface area (Å²) in [6, 6.07) is 18.8. The van der Waals surface area contributed by atoms with Crippen LogP contribution in [0.15, 0.2) is 65.1 Å². The maximum Gasteiger partial charge on any atom is 0.324 e. The fourth-order valence-electron chi connectivity index (χ4n) is 2.45. The van der Waals surface area contributed by atoms with Crippen LogP contribution in [0.2, 0.25) is 0 Å². The number of hydrogen-bond acceptors (Lipinski definition) is 2. The van der Waals surface area contributed by atoms with Gasteiger partial charge in [-0.15, -0.1) is 0 Å². The van der Waals surface area contributed by atoms with E-state index in [2.05, 4.69) is 47.3 Å². The number of benzene rings is 2. The predicted molar refractivity (Wildman–Crippen MR) is 109 cm³/mol. The van der Waals surface area contributed by atoms with Crippen molar-refractivity contribution in [1.29, 1.82) is 0 Å². The molecule has 2 N–H and O–H groups in total. The normalized spacial score (nSPS) is 11.2. The van der Waals surface area contributed by atoms with E-state index >= 15 is 0 Å². The van der Waals surface area contributed by atoms with E-state index in [4.69, 9.17) is 5.10 Å². The van der Waals surface area contributed by atoms with Gasteiger partial charge >= 0.3 is 6.03 Å². The second kappa shape index (κ2) is 7.33. The SMILES string of the molecule is CC(C)(C)c1cc(NC(=O)Nc2cccc(Br)c2)n(-c2ccccc2)n1. The molecule has 0 aliphatic carbocycles. The largest absolute Gasteiger partial charge is 0.324 e. The van der Waals surface area contributed by atoms with Crippen LogP contribution in [0.5, 0.6) is 0 Å². The Bertz CT molecular complexity index is 913. The maximum atomic E-state index is 12.5. The number of rotatable bonds is 3. The third kappa shape index (κ3) is 4.32. The molecule has 1 aromatic heterocycles. The summed E-state index contributed by atoms with van der Waals surface area (Å²) >= 11 is 3.40. The van der Waals surface area contributed by atoms with Crippen molar-refractivity contribution in [3.63, 3.8) is 0 Å². The van der Waals surface area contributed by atoms with E-state index in [1.54, 1.807) is 4.68 Å². The van der Waals surface area contributed by atoms with Gasteiger partial charge in [0.1, 0.15) is 5.82 Å². The number of anilines is 2. The van der Waals surface area contributed by atoms with Crippen LogP contribution >= 0.6 is 15.9 Å². The minimum atomic E-state index is -0.319. The van der Waals surface area contributed by atoms with Crippen molar-refractivity contribution in [2.45, 2.75) is 26.2 Å². The molecule has 5 nitrogen and oxygen atoms in total. The molecule has 3 rings (SSSR count). The number of nitrogens with one attached hydrogen (secondary N) is 2. The Morgan fingerprint density at radius 1 is 1.00 bits per heavy atom. The van der Waals surface area contributed by atoms with Gasteiger partial charge in [-0.1, -0.05) is 61.0 Å². The Kier molecular flexibility index (Phi) is 5.13. The molecule has 134 valence electrons. The fraction of sp³-hybridized carbons (Fsp3) is 0.200. The lowest BCUT2D eigenvalue weighted by Gasteiger charge is -2.14. The summed E-state index contributed by atoms with van der Waals surface area (Å²) in [5, 5.41) is 10.4. The van der Waals surface area contributed by atoms with Gasteiger partial charge in [-0.2, -0.15) is 5.10 Å². The molecule has 0 saturated carbocycles. The van der Waals surface area contributed by atoms with Crippen LogP contribution in [-0.2, 0) is 5.41 Å². The number of halogens is 1. The Morgan fingerprint density at radius 3 is 2.38 bits per heavy atom. The van der Waals surface area contributed by atoms with E-state index in [-0.39, 0.29) is 11.4 Å². The number of nitrogens with zero attached hydrogens (tertiary/aromatic N) is 2.